The van der Waals surface area contributed by atoms with E-state index < -0.39 is 11.4 Å². The van der Waals surface area contributed by atoms with Crippen LogP contribution >= 0.6 is 0 Å². The van der Waals surface area contributed by atoms with Gasteiger partial charge in [0.05, 0.1) is 0 Å². The van der Waals surface area contributed by atoms with Crippen LogP contribution in [0.5, 0.6) is 0 Å². The predicted molar refractivity (Wildman–Crippen MR) is 129 cm³/mol. The maximum atomic E-state index is 6.41. The smallest absolute Gasteiger partial charge is 0.201 e. The normalized spacial score (nSPS) is 15.9. The molecule has 0 aliphatic carbocycles. The lowest BCUT2D eigenvalue weighted by atomic mass is 9.62. The standard InChI is InChI=1S/C28H42O3/c1-7-8-9-10-17-22-26(2,25-20-15-12-16-21-25)27(3,29-4)28(30-5,31-6)23-24-18-13-11-14-19-24/h11-16,18-21H,7-10,17,22-23H2,1-6H3. The number of hydrogen-bond donors (Lipinski definition) is 0. The summed E-state index contributed by atoms with van der Waals surface area (Å²) in [5.74, 6) is -0.947. The first-order chi connectivity index (χ1) is 14.9. The number of methoxy groups -OCH3 is 3. The Balaban J connectivity index is 2.51. The average Bonchev–Trinajstić information content (AvgIpc) is 2.82. The summed E-state index contributed by atoms with van der Waals surface area (Å²) >= 11 is 0. The van der Waals surface area contributed by atoms with Gasteiger partial charge in [0, 0.05) is 33.2 Å². The lowest BCUT2D eigenvalue weighted by Gasteiger charge is -2.55. The summed E-state index contributed by atoms with van der Waals surface area (Å²) in [5, 5.41) is 0. The fraction of sp³-hybridized carbons (Fsp3) is 0.571. The minimum atomic E-state index is -0.947. The van der Waals surface area contributed by atoms with E-state index in [4.69, 9.17) is 14.2 Å². The molecule has 0 saturated heterocycles. The van der Waals surface area contributed by atoms with Crippen LogP contribution in [0.3, 0.4) is 0 Å². The highest BCUT2D eigenvalue weighted by atomic mass is 16.7. The van der Waals surface area contributed by atoms with Crippen molar-refractivity contribution in [3.8, 4) is 0 Å². The van der Waals surface area contributed by atoms with E-state index in [1.165, 1.54) is 31.2 Å². The van der Waals surface area contributed by atoms with Gasteiger partial charge in [0.25, 0.3) is 0 Å². The van der Waals surface area contributed by atoms with Crippen LogP contribution in [0.4, 0.5) is 0 Å². The molecular weight excluding hydrogens is 384 g/mol. The zero-order chi connectivity index (χ0) is 22.8. The predicted octanol–water partition coefficient (Wildman–Crippen LogP) is 6.94. The second-order valence-corrected chi connectivity index (χ2v) is 8.92. The first-order valence-electron chi connectivity index (χ1n) is 11.7. The van der Waals surface area contributed by atoms with Crippen molar-refractivity contribution in [2.75, 3.05) is 21.3 Å². The lowest BCUT2D eigenvalue weighted by Crippen LogP contribution is -2.67. The van der Waals surface area contributed by atoms with E-state index in [0.29, 0.717) is 6.42 Å². The SMILES string of the molecule is CCCCCCCC(C)(c1ccccc1)C(C)(OC)C(Cc1ccccc1)(OC)OC. The summed E-state index contributed by atoms with van der Waals surface area (Å²) in [4.78, 5) is 0. The third-order valence-electron chi connectivity index (χ3n) is 7.32. The van der Waals surface area contributed by atoms with E-state index in [1.807, 2.05) is 6.07 Å². The summed E-state index contributed by atoms with van der Waals surface area (Å²) in [7, 11) is 5.25. The van der Waals surface area contributed by atoms with Gasteiger partial charge in [0.15, 0.2) is 0 Å². The fourth-order valence-corrected chi connectivity index (χ4v) is 5.00. The van der Waals surface area contributed by atoms with Crippen LogP contribution in [0.15, 0.2) is 60.7 Å². The maximum Gasteiger partial charge on any atom is 0.201 e. The molecule has 31 heavy (non-hydrogen) atoms. The number of rotatable bonds is 14. The third-order valence-corrected chi connectivity index (χ3v) is 7.32. The number of benzene rings is 2. The summed E-state index contributed by atoms with van der Waals surface area (Å²) in [5.41, 5.74) is 1.37. The van der Waals surface area contributed by atoms with Crippen LogP contribution in [-0.2, 0) is 26.0 Å². The Bertz CT molecular complexity index is 741. The van der Waals surface area contributed by atoms with Gasteiger partial charge in [-0.15, -0.1) is 0 Å². The molecule has 0 aliphatic rings. The fourth-order valence-electron chi connectivity index (χ4n) is 5.00. The first-order valence-corrected chi connectivity index (χ1v) is 11.7. The van der Waals surface area contributed by atoms with Gasteiger partial charge in [-0.1, -0.05) is 107 Å². The molecule has 2 rings (SSSR count). The number of unbranched alkanes of at least 4 members (excludes halogenated alkanes) is 4. The van der Waals surface area contributed by atoms with Crippen LogP contribution in [0, 0.1) is 0 Å². The highest BCUT2D eigenvalue weighted by Gasteiger charge is 2.60. The van der Waals surface area contributed by atoms with Gasteiger partial charge in [0.1, 0.15) is 5.60 Å². The molecule has 0 amide bonds. The van der Waals surface area contributed by atoms with Crippen LogP contribution < -0.4 is 0 Å². The topological polar surface area (TPSA) is 27.7 Å². The molecule has 0 radical (unpaired) electrons. The van der Waals surface area contributed by atoms with E-state index in [2.05, 4.69) is 75.4 Å². The molecule has 0 aromatic heterocycles. The Morgan fingerprint density at radius 3 is 1.74 bits per heavy atom. The molecule has 0 fully saturated rings. The second-order valence-electron chi connectivity index (χ2n) is 8.92. The molecule has 3 heteroatoms. The number of hydrogen-bond acceptors (Lipinski definition) is 3. The van der Waals surface area contributed by atoms with Crippen molar-refractivity contribution in [1.82, 2.24) is 0 Å². The third kappa shape index (κ3) is 5.39. The Hall–Kier alpha value is -1.68. The second kappa shape index (κ2) is 11.8. The molecule has 0 N–H and O–H groups in total. The van der Waals surface area contributed by atoms with Crippen molar-refractivity contribution in [2.24, 2.45) is 0 Å². The Kier molecular flexibility index (Phi) is 9.74. The molecule has 2 atom stereocenters. The minimum Gasteiger partial charge on any atom is -0.372 e. The Labute approximate surface area is 190 Å². The zero-order valence-corrected chi connectivity index (χ0v) is 20.4. The van der Waals surface area contributed by atoms with E-state index in [1.54, 1.807) is 21.3 Å². The molecule has 3 nitrogen and oxygen atoms in total. The van der Waals surface area contributed by atoms with E-state index in [-0.39, 0.29) is 5.41 Å². The quantitative estimate of drug-likeness (QED) is 0.242. The van der Waals surface area contributed by atoms with Crippen molar-refractivity contribution in [3.05, 3.63) is 71.8 Å². The molecule has 2 aromatic carbocycles. The van der Waals surface area contributed by atoms with Gasteiger partial charge in [0.2, 0.25) is 5.79 Å². The van der Waals surface area contributed by atoms with Gasteiger partial charge in [-0.3, -0.25) is 0 Å². The van der Waals surface area contributed by atoms with Gasteiger partial charge in [-0.05, 0) is 24.5 Å². The Morgan fingerprint density at radius 1 is 0.677 bits per heavy atom. The maximum absolute atomic E-state index is 6.41. The van der Waals surface area contributed by atoms with Crippen molar-refractivity contribution in [1.29, 1.82) is 0 Å². The molecule has 0 bridgehead atoms. The zero-order valence-electron chi connectivity index (χ0n) is 20.4. The van der Waals surface area contributed by atoms with Crippen molar-refractivity contribution in [3.63, 3.8) is 0 Å². The minimum absolute atomic E-state index is 0.309. The van der Waals surface area contributed by atoms with Crippen LogP contribution in [0.25, 0.3) is 0 Å². The van der Waals surface area contributed by atoms with E-state index in [0.717, 1.165) is 18.4 Å². The van der Waals surface area contributed by atoms with Crippen LogP contribution in [0.2, 0.25) is 0 Å². The summed E-state index contributed by atoms with van der Waals surface area (Å²) < 4.78 is 18.8. The summed E-state index contributed by atoms with van der Waals surface area (Å²) in [6.07, 6.45) is 7.77. The van der Waals surface area contributed by atoms with Gasteiger partial charge in [-0.25, -0.2) is 0 Å². The molecule has 0 aliphatic heterocycles. The van der Waals surface area contributed by atoms with Gasteiger partial charge in [-0.2, -0.15) is 0 Å². The van der Waals surface area contributed by atoms with Gasteiger partial charge < -0.3 is 14.2 Å². The van der Waals surface area contributed by atoms with Crippen LogP contribution in [0.1, 0.15) is 70.4 Å². The van der Waals surface area contributed by atoms with Crippen molar-refractivity contribution >= 4 is 0 Å². The van der Waals surface area contributed by atoms with Crippen molar-refractivity contribution in [2.45, 2.75) is 82.5 Å². The van der Waals surface area contributed by atoms with Crippen molar-refractivity contribution < 1.29 is 14.2 Å². The number of ether oxygens (including phenoxy) is 3. The summed E-state index contributed by atoms with van der Waals surface area (Å²) in [6.45, 7) is 6.72. The molecule has 172 valence electrons. The van der Waals surface area contributed by atoms with Gasteiger partial charge >= 0.3 is 0 Å². The van der Waals surface area contributed by atoms with E-state index >= 15 is 0 Å². The molecule has 0 heterocycles. The Morgan fingerprint density at radius 2 is 1.23 bits per heavy atom. The highest BCUT2D eigenvalue weighted by Crippen LogP contribution is 2.50. The van der Waals surface area contributed by atoms with E-state index in [9.17, 15) is 0 Å². The monoisotopic (exact) mass is 426 g/mol. The molecule has 0 spiro atoms. The average molecular weight is 427 g/mol. The van der Waals surface area contributed by atoms with Crippen LogP contribution in [-0.4, -0.2) is 32.7 Å². The molecule has 2 unspecified atom stereocenters. The highest BCUT2D eigenvalue weighted by molar-refractivity contribution is 5.32. The molecule has 0 saturated carbocycles. The molecule has 2 aromatic rings. The largest absolute Gasteiger partial charge is 0.372 e. The first kappa shape index (κ1) is 25.6. The molecular formula is C28H42O3. The summed E-state index contributed by atoms with van der Waals surface area (Å²) in [6, 6.07) is 21.1. The lowest BCUT2D eigenvalue weighted by molar-refractivity contribution is -0.322.